The van der Waals surface area contributed by atoms with Crippen LogP contribution in [0, 0.1) is 5.92 Å². The van der Waals surface area contributed by atoms with Crippen LogP contribution in [-0.4, -0.2) is 36.5 Å². The molecule has 1 heterocycles. The normalized spacial score (nSPS) is 21.6. The third-order valence-corrected chi connectivity index (χ3v) is 2.64. The summed E-state index contributed by atoms with van der Waals surface area (Å²) in [7, 11) is 0. The van der Waals surface area contributed by atoms with Crippen molar-refractivity contribution in [2.24, 2.45) is 5.92 Å². The van der Waals surface area contributed by atoms with Gasteiger partial charge in [0.05, 0.1) is 6.04 Å². The van der Waals surface area contributed by atoms with E-state index in [9.17, 15) is 4.79 Å². The van der Waals surface area contributed by atoms with Gasteiger partial charge in [0.15, 0.2) is 0 Å². The first-order chi connectivity index (χ1) is 6.65. The number of amides is 1. The van der Waals surface area contributed by atoms with Gasteiger partial charge in [0.25, 0.3) is 0 Å². The molecular weight excluding hydrogens is 176 g/mol. The fourth-order valence-electron chi connectivity index (χ4n) is 1.93. The molecule has 1 aliphatic heterocycles. The molecule has 0 aromatic rings. The summed E-state index contributed by atoms with van der Waals surface area (Å²) in [5, 5.41) is 3.25. The Morgan fingerprint density at radius 1 is 1.57 bits per heavy atom. The predicted octanol–water partition coefficient (Wildman–Crippen LogP) is 1.24. The minimum atomic E-state index is 0.0914. The molecule has 3 heteroatoms. The minimum absolute atomic E-state index is 0.0914. The highest BCUT2D eigenvalue weighted by Gasteiger charge is 2.26. The van der Waals surface area contributed by atoms with Crippen molar-refractivity contribution in [3.05, 3.63) is 0 Å². The van der Waals surface area contributed by atoms with Crippen molar-refractivity contribution in [3.63, 3.8) is 0 Å². The first-order valence-electron chi connectivity index (χ1n) is 5.67. The number of rotatable bonds is 4. The largest absolute Gasteiger partial charge is 0.341 e. The zero-order chi connectivity index (χ0) is 10.6. The van der Waals surface area contributed by atoms with Crippen LogP contribution in [0.3, 0.4) is 0 Å². The van der Waals surface area contributed by atoms with E-state index in [0.717, 1.165) is 32.5 Å². The van der Waals surface area contributed by atoms with Crippen LogP contribution >= 0.6 is 0 Å². The number of carbonyl (C=O) groups excluding carboxylic acids is 1. The summed E-state index contributed by atoms with van der Waals surface area (Å²) in [6.45, 7) is 9.06. The van der Waals surface area contributed by atoms with Gasteiger partial charge in [-0.1, -0.05) is 13.8 Å². The van der Waals surface area contributed by atoms with E-state index >= 15 is 0 Å². The molecule has 1 rings (SSSR count). The van der Waals surface area contributed by atoms with Crippen LogP contribution in [0.2, 0.25) is 0 Å². The van der Waals surface area contributed by atoms with Gasteiger partial charge in [-0.2, -0.15) is 0 Å². The molecule has 82 valence electrons. The minimum Gasteiger partial charge on any atom is -0.341 e. The number of carbonyl (C=O) groups is 1. The monoisotopic (exact) mass is 198 g/mol. The molecule has 1 fully saturated rings. The van der Waals surface area contributed by atoms with Crippen molar-refractivity contribution in [3.8, 4) is 0 Å². The lowest BCUT2D eigenvalue weighted by molar-refractivity contribution is -0.133. The van der Waals surface area contributed by atoms with Gasteiger partial charge < -0.3 is 10.2 Å². The maximum Gasteiger partial charge on any atom is 0.239 e. The average Bonchev–Trinajstić information content (AvgIpc) is 2.65. The Labute approximate surface area is 86.9 Å². The van der Waals surface area contributed by atoms with Gasteiger partial charge in [0.2, 0.25) is 5.91 Å². The highest BCUT2D eigenvalue weighted by atomic mass is 16.2. The summed E-state index contributed by atoms with van der Waals surface area (Å²) in [4.78, 5) is 13.9. The van der Waals surface area contributed by atoms with Crippen LogP contribution in [0.25, 0.3) is 0 Å². The molecule has 0 unspecified atom stereocenters. The average molecular weight is 198 g/mol. The van der Waals surface area contributed by atoms with Gasteiger partial charge in [-0.3, -0.25) is 4.79 Å². The second-order valence-electron chi connectivity index (χ2n) is 4.42. The highest BCUT2D eigenvalue weighted by Crippen LogP contribution is 2.09. The van der Waals surface area contributed by atoms with Crippen LogP contribution in [0.4, 0.5) is 0 Å². The number of nitrogens with zero attached hydrogens (tertiary/aromatic N) is 1. The molecule has 3 nitrogen and oxygen atoms in total. The van der Waals surface area contributed by atoms with Gasteiger partial charge >= 0.3 is 0 Å². The van der Waals surface area contributed by atoms with E-state index in [4.69, 9.17) is 0 Å². The van der Waals surface area contributed by atoms with E-state index in [1.54, 1.807) is 0 Å². The fraction of sp³-hybridized carbons (Fsp3) is 0.909. The molecule has 0 aromatic heterocycles. The maximum absolute atomic E-state index is 12.0. The number of likely N-dealkylation sites (N-methyl/N-ethyl adjacent to an activating group) is 1. The van der Waals surface area contributed by atoms with Gasteiger partial charge in [-0.15, -0.1) is 0 Å². The molecule has 1 aliphatic rings. The van der Waals surface area contributed by atoms with Gasteiger partial charge in [0, 0.05) is 13.1 Å². The van der Waals surface area contributed by atoms with Crippen LogP contribution in [0.15, 0.2) is 0 Å². The Hall–Kier alpha value is -0.570. The summed E-state index contributed by atoms with van der Waals surface area (Å²) in [5.74, 6) is 0.846. The van der Waals surface area contributed by atoms with E-state index in [1.165, 1.54) is 0 Å². The van der Waals surface area contributed by atoms with Crippen molar-refractivity contribution >= 4 is 5.91 Å². The van der Waals surface area contributed by atoms with Gasteiger partial charge in [0.1, 0.15) is 0 Å². The summed E-state index contributed by atoms with van der Waals surface area (Å²) in [5.41, 5.74) is 0. The maximum atomic E-state index is 12.0. The Morgan fingerprint density at radius 2 is 2.29 bits per heavy atom. The van der Waals surface area contributed by atoms with E-state index in [-0.39, 0.29) is 6.04 Å². The van der Waals surface area contributed by atoms with Gasteiger partial charge in [-0.05, 0) is 32.2 Å². The lowest BCUT2D eigenvalue weighted by Crippen LogP contribution is -2.44. The van der Waals surface area contributed by atoms with Crippen molar-refractivity contribution in [1.82, 2.24) is 10.2 Å². The van der Waals surface area contributed by atoms with Crippen molar-refractivity contribution in [1.29, 1.82) is 0 Å². The smallest absolute Gasteiger partial charge is 0.239 e. The number of nitrogens with one attached hydrogen (secondary N) is 1. The number of hydrogen-bond donors (Lipinski definition) is 1. The summed E-state index contributed by atoms with van der Waals surface area (Å²) < 4.78 is 0. The Morgan fingerprint density at radius 3 is 2.71 bits per heavy atom. The molecule has 1 amide bonds. The van der Waals surface area contributed by atoms with Crippen molar-refractivity contribution < 1.29 is 4.79 Å². The molecule has 1 saturated heterocycles. The van der Waals surface area contributed by atoms with Crippen molar-refractivity contribution in [2.45, 2.75) is 39.7 Å². The second-order valence-corrected chi connectivity index (χ2v) is 4.42. The molecule has 0 aliphatic carbocycles. The Balaban J connectivity index is 2.46. The fourth-order valence-corrected chi connectivity index (χ4v) is 1.93. The molecule has 0 spiro atoms. The lowest BCUT2D eigenvalue weighted by Gasteiger charge is -2.25. The third-order valence-electron chi connectivity index (χ3n) is 2.64. The molecule has 0 aromatic carbocycles. The third kappa shape index (κ3) is 2.98. The molecule has 0 saturated carbocycles. The Bertz CT molecular complexity index is 186. The van der Waals surface area contributed by atoms with Crippen LogP contribution in [0.1, 0.15) is 33.6 Å². The Kier molecular flexibility index (Phi) is 4.39. The van der Waals surface area contributed by atoms with E-state index in [1.807, 2.05) is 4.90 Å². The quantitative estimate of drug-likeness (QED) is 0.737. The highest BCUT2D eigenvalue weighted by molar-refractivity contribution is 5.82. The standard InChI is InChI=1S/C11H22N2O/c1-4-13(8-9(2)3)11(14)10-6-5-7-12-10/h9-10,12H,4-8H2,1-3H3/t10-/m0/s1. The van der Waals surface area contributed by atoms with Crippen LogP contribution in [0.5, 0.6) is 0 Å². The number of hydrogen-bond acceptors (Lipinski definition) is 2. The van der Waals surface area contributed by atoms with Crippen LogP contribution in [-0.2, 0) is 4.79 Å². The second kappa shape index (κ2) is 5.35. The zero-order valence-corrected chi connectivity index (χ0v) is 9.55. The predicted molar refractivity (Wildman–Crippen MR) is 58.1 cm³/mol. The van der Waals surface area contributed by atoms with Gasteiger partial charge in [-0.25, -0.2) is 0 Å². The SMILES string of the molecule is CCN(CC(C)C)C(=O)[C@@H]1CCCN1. The molecule has 14 heavy (non-hydrogen) atoms. The zero-order valence-electron chi connectivity index (χ0n) is 9.55. The molecule has 0 radical (unpaired) electrons. The lowest BCUT2D eigenvalue weighted by atomic mass is 10.1. The molecular formula is C11H22N2O. The first kappa shape index (κ1) is 11.5. The summed E-state index contributed by atoms with van der Waals surface area (Å²) >= 11 is 0. The molecule has 0 bridgehead atoms. The first-order valence-corrected chi connectivity index (χ1v) is 5.67. The van der Waals surface area contributed by atoms with Crippen LogP contribution < -0.4 is 5.32 Å². The van der Waals surface area contributed by atoms with E-state index < -0.39 is 0 Å². The molecule has 1 N–H and O–H groups in total. The molecule has 1 atom stereocenters. The van der Waals surface area contributed by atoms with Crippen molar-refractivity contribution in [2.75, 3.05) is 19.6 Å². The summed E-state index contributed by atoms with van der Waals surface area (Å²) in [6, 6.07) is 0.0914. The topological polar surface area (TPSA) is 32.3 Å². The van der Waals surface area contributed by atoms with E-state index in [0.29, 0.717) is 11.8 Å². The van der Waals surface area contributed by atoms with E-state index in [2.05, 4.69) is 26.1 Å². The summed E-state index contributed by atoms with van der Waals surface area (Å²) in [6.07, 6.45) is 2.14.